The molecule has 0 bridgehead atoms. The van der Waals surface area contributed by atoms with Crippen LogP contribution in [0.15, 0.2) is 48.7 Å². The molecule has 2 amide bonds. The van der Waals surface area contributed by atoms with Gasteiger partial charge in [-0.25, -0.2) is 4.98 Å². The van der Waals surface area contributed by atoms with E-state index in [1.165, 1.54) is 12.0 Å². The number of hydrogen-bond donors (Lipinski definition) is 3. The first-order valence-corrected chi connectivity index (χ1v) is 13.0. The predicted molar refractivity (Wildman–Crippen MR) is 138 cm³/mol. The van der Waals surface area contributed by atoms with E-state index >= 15 is 0 Å². The van der Waals surface area contributed by atoms with E-state index in [9.17, 15) is 9.59 Å². The van der Waals surface area contributed by atoms with Gasteiger partial charge in [0.05, 0.1) is 19.2 Å². The molecule has 1 saturated heterocycles. The molecule has 3 heterocycles. The monoisotopic (exact) mass is 489 g/mol. The Bertz CT molecular complexity index is 1210. The SMILES string of the molecule is COc1ccc(C2(CNC(=O)c3cccc4nc(CC(=O)N[C@@H]5CCNC5)cn34)CCCCC2)cc1. The summed E-state index contributed by atoms with van der Waals surface area (Å²) in [7, 11) is 1.67. The van der Waals surface area contributed by atoms with Gasteiger partial charge in [-0.2, -0.15) is 0 Å². The summed E-state index contributed by atoms with van der Waals surface area (Å²) in [6, 6.07) is 13.9. The van der Waals surface area contributed by atoms with Crippen molar-refractivity contribution in [1.82, 2.24) is 25.3 Å². The summed E-state index contributed by atoms with van der Waals surface area (Å²) in [5.41, 5.74) is 3.00. The first-order valence-electron chi connectivity index (χ1n) is 13.0. The third-order valence-corrected chi connectivity index (χ3v) is 7.64. The highest BCUT2D eigenvalue weighted by Crippen LogP contribution is 2.39. The standard InChI is InChI=1S/C28H35N5O3/c1-36-23-10-8-20(9-11-23)28(13-3-2-4-14-28)19-30-27(35)24-6-5-7-25-31-22(18-33(24)25)16-26(34)32-21-12-15-29-17-21/h5-11,18,21,29H,2-4,12-17,19H2,1H3,(H,30,35)(H,32,34)/t21-/m1/s1. The van der Waals surface area contributed by atoms with E-state index in [-0.39, 0.29) is 29.7 Å². The number of carbonyl (C=O) groups excluding carboxylic acids is 2. The van der Waals surface area contributed by atoms with Crippen molar-refractivity contribution in [1.29, 1.82) is 0 Å². The molecule has 3 aromatic rings. The molecule has 36 heavy (non-hydrogen) atoms. The average Bonchev–Trinajstić information content (AvgIpc) is 3.57. The van der Waals surface area contributed by atoms with Crippen LogP contribution in [0.3, 0.4) is 0 Å². The van der Waals surface area contributed by atoms with Crippen LogP contribution < -0.4 is 20.7 Å². The van der Waals surface area contributed by atoms with E-state index in [1.807, 2.05) is 24.3 Å². The minimum Gasteiger partial charge on any atom is -0.497 e. The lowest BCUT2D eigenvalue weighted by molar-refractivity contribution is -0.121. The number of fused-ring (bicyclic) bond motifs is 1. The maximum atomic E-state index is 13.4. The zero-order valence-electron chi connectivity index (χ0n) is 20.9. The number of carbonyl (C=O) groups is 2. The first kappa shape index (κ1) is 24.3. The molecule has 1 aromatic carbocycles. The molecular formula is C28H35N5O3. The van der Waals surface area contributed by atoms with E-state index in [4.69, 9.17) is 4.74 Å². The van der Waals surface area contributed by atoms with E-state index in [0.29, 0.717) is 23.6 Å². The summed E-state index contributed by atoms with van der Waals surface area (Å²) < 4.78 is 7.13. The molecule has 190 valence electrons. The highest BCUT2D eigenvalue weighted by molar-refractivity contribution is 5.93. The maximum Gasteiger partial charge on any atom is 0.268 e. The number of benzene rings is 1. The lowest BCUT2D eigenvalue weighted by atomic mass is 9.69. The highest BCUT2D eigenvalue weighted by Gasteiger charge is 2.34. The summed E-state index contributed by atoms with van der Waals surface area (Å²) >= 11 is 0. The number of nitrogens with zero attached hydrogens (tertiary/aromatic N) is 2. The van der Waals surface area contributed by atoms with Gasteiger partial charge >= 0.3 is 0 Å². The maximum absolute atomic E-state index is 13.4. The molecule has 5 rings (SSSR count). The van der Waals surface area contributed by atoms with E-state index < -0.39 is 0 Å². The molecule has 2 aromatic heterocycles. The lowest BCUT2D eigenvalue weighted by Gasteiger charge is -2.38. The number of methoxy groups -OCH3 is 1. The van der Waals surface area contributed by atoms with Crippen molar-refractivity contribution in [3.63, 3.8) is 0 Å². The molecule has 3 N–H and O–H groups in total. The summed E-state index contributed by atoms with van der Waals surface area (Å²) in [6.07, 6.45) is 8.57. The Morgan fingerprint density at radius 2 is 1.94 bits per heavy atom. The van der Waals surface area contributed by atoms with E-state index in [0.717, 1.165) is 50.9 Å². The van der Waals surface area contributed by atoms with Crippen LogP contribution in [0.5, 0.6) is 5.75 Å². The van der Waals surface area contributed by atoms with Crippen molar-refractivity contribution < 1.29 is 14.3 Å². The van der Waals surface area contributed by atoms with E-state index in [1.54, 1.807) is 23.8 Å². The van der Waals surface area contributed by atoms with Crippen molar-refractivity contribution in [2.75, 3.05) is 26.7 Å². The van der Waals surface area contributed by atoms with Gasteiger partial charge in [0, 0.05) is 30.7 Å². The Morgan fingerprint density at radius 1 is 1.14 bits per heavy atom. The van der Waals surface area contributed by atoms with Gasteiger partial charge in [0.25, 0.3) is 5.91 Å². The Kier molecular flexibility index (Phi) is 7.23. The molecule has 2 fully saturated rings. The molecular weight excluding hydrogens is 454 g/mol. The zero-order chi connectivity index (χ0) is 25.0. The quantitative estimate of drug-likeness (QED) is 0.452. The molecule has 1 saturated carbocycles. The van der Waals surface area contributed by atoms with Crippen LogP contribution in [-0.4, -0.2) is 54.0 Å². The first-order chi connectivity index (χ1) is 17.6. The van der Waals surface area contributed by atoms with Gasteiger partial charge in [-0.05, 0) is 55.6 Å². The number of hydrogen-bond acceptors (Lipinski definition) is 5. The predicted octanol–water partition coefficient (Wildman–Crippen LogP) is 3.00. The Labute approximate surface area is 211 Å². The number of imidazole rings is 1. The summed E-state index contributed by atoms with van der Waals surface area (Å²) in [5, 5.41) is 9.53. The third kappa shape index (κ3) is 5.23. The fourth-order valence-electron chi connectivity index (χ4n) is 5.63. The Morgan fingerprint density at radius 3 is 2.67 bits per heavy atom. The number of rotatable bonds is 8. The normalized spacial score (nSPS) is 19.2. The van der Waals surface area contributed by atoms with Crippen molar-refractivity contribution in [3.05, 3.63) is 65.6 Å². The van der Waals surface area contributed by atoms with Crippen LogP contribution in [0.4, 0.5) is 0 Å². The molecule has 0 unspecified atom stereocenters. The van der Waals surface area contributed by atoms with Crippen LogP contribution in [0.25, 0.3) is 5.65 Å². The van der Waals surface area contributed by atoms with Crippen molar-refractivity contribution >= 4 is 17.5 Å². The molecule has 1 aliphatic heterocycles. The number of nitrogens with one attached hydrogen (secondary N) is 3. The van der Waals surface area contributed by atoms with Gasteiger partial charge in [-0.15, -0.1) is 0 Å². The number of pyridine rings is 1. The van der Waals surface area contributed by atoms with Crippen LogP contribution in [-0.2, 0) is 16.6 Å². The summed E-state index contributed by atoms with van der Waals surface area (Å²) in [4.78, 5) is 30.4. The summed E-state index contributed by atoms with van der Waals surface area (Å²) in [5.74, 6) is 0.659. The van der Waals surface area contributed by atoms with Gasteiger partial charge in [0.2, 0.25) is 5.91 Å². The molecule has 8 nitrogen and oxygen atoms in total. The summed E-state index contributed by atoms with van der Waals surface area (Å²) in [6.45, 7) is 2.31. The van der Waals surface area contributed by atoms with Crippen LogP contribution >= 0.6 is 0 Å². The van der Waals surface area contributed by atoms with E-state index in [2.05, 4.69) is 33.1 Å². The number of aromatic nitrogens is 2. The van der Waals surface area contributed by atoms with Crippen LogP contribution in [0, 0.1) is 0 Å². The van der Waals surface area contributed by atoms with Crippen molar-refractivity contribution in [3.8, 4) is 5.75 Å². The smallest absolute Gasteiger partial charge is 0.268 e. The largest absolute Gasteiger partial charge is 0.497 e. The molecule has 2 aliphatic rings. The van der Waals surface area contributed by atoms with Crippen molar-refractivity contribution in [2.24, 2.45) is 0 Å². The number of amides is 2. The van der Waals surface area contributed by atoms with Crippen molar-refractivity contribution in [2.45, 2.75) is 56.4 Å². The molecule has 8 heteroatoms. The minimum absolute atomic E-state index is 0.0446. The van der Waals surface area contributed by atoms with Gasteiger partial charge < -0.3 is 20.7 Å². The highest BCUT2D eigenvalue weighted by atomic mass is 16.5. The third-order valence-electron chi connectivity index (χ3n) is 7.64. The molecule has 1 aliphatic carbocycles. The Hall–Kier alpha value is -3.39. The van der Waals surface area contributed by atoms with Crippen LogP contribution in [0.1, 0.15) is 60.3 Å². The zero-order valence-corrected chi connectivity index (χ0v) is 20.9. The topological polar surface area (TPSA) is 96.8 Å². The number of ether oxygens (including phenoxy) is 1. The molecule has 0 radical (unpaired) electrons. The second kappa shape index (κ2) is 10.7. The average molecular weight is 490 g/mol. The minimum atomic E-state index is -0.135. The van der Waals surface area contributed by atoms with Gasteiger partial charge in [0.1, 0.15) is 17.1 Å². The lowest BCUT2D eigenvalue weighted by Crippen LogP contribution is -2.42. The fourth-order valence-corrected chi connectivity index (χ4v) is 5.63. The van der Waals surface area contributed by atoms with Crippen LogP contribution in [0.2, 0.25) is 0 Å². The molecule has 0 spiro atoms. The molecule has 1 atom stereocenters. The van der Waals surface area contributed by atoms with Gasteiger partial charge in [-0.1, -0.05) is 37.5 Å². The second-order valence-corrected chi connectivity index (χ2v) is 10.1. The second-order valence-electron chi connectivity index (χ2n) is 10.1. The fraction of sp³-hybridized carbons (Fsp3) is 0.464. The van der Waals surface area contributed by atoms with Gasteiger partial charge in [0.15, 0.2) is 0 Å². The van der Waals surface area contributed by atoms with Gasteiger partial charge in [-0.3, -0.25) is 14.0 Å². The Balaban J connectivity index is 1.30.